The Balaban J connectivity index is 1.06. The molecule has 0 N–H and O–H groups in total. The molecule has 0 aliphatic carbocycles. The van der Waals surface area contributed by atoms with E-state index < -0.39 is 0 Å². The summed E-state index contributed by atoms with van der Waals surface area (Å²) in [4.78, 5) is 4.63. The number of para-hydroxylation sites is 2. The third kappa shape index (κ3) is 7.40. The number of anilines is 6. The summed E-state index contributed by atoms with van der Waals surface area (Å²) in [7, 11) is 0. The molecule has 53 heavy (non-hydrogen) atoms. The average molecular weight is 683 g/mol. The van der Waals surface area contributed by atoms with Crippen molar-refractivity contribution in [1.82, 2.24) is 0 Å². The lowest BCUT2D eigenvalue weighted by atomic mass is 10.0. The molecule has 0 aromatic heterocycles. The van der Waals surface area contributed by atoms with Crippen LogP contribution >= 0.6 is 0 Å². The van der Waals surface area contributed by atoms with Gasteiger partial charge in [0.1, 0.15) is 0 Å². The van der Waals surface area contributed by atoms with Crippen molar-refractivity contribution in [3.8, 4) is 33.4 Å². The SMILES string of the molecule is CCc1ccc(-c2ccc(N(c3ccccc3)c3ccc(-c4ccc(N(c5ccccc5)c5ccc(-c6ccc(C)cc6)cc5)cc4)cc3)cc2)cc1. The lowest BCUT2D eigenvalue weighted by Gasteiger charge is -2.26. The highest BCUT2D eigenvalue weighted by atomic mass is 15.1. The molecule has 0 unspecified atom stereocenters. The Morgan fingerprint density at radius 2 is 0.528 bits per heavy atom. The van der Waals surface area contributed by atoms with Gasteiger partial charge in [-0.15, -0.1) is 0 Å². The van der Waals surface area contributed by atoms with Crippen LogP contribution in [0.4, 0.5) is 34.1 Å². The van der Waals surface area contributed by atoms with Gasteiger partial charge in [-0.2, -0.15) is 0 Å². The van der Waals surface area contributed by atoms with Gasteiger partial charge in [0, 0.05) is 34.1 Å². The molecule has 0 bridgehead atoms. The first-order valence-corrected chi connectivity index (χ1v) is 18.4. The number of benzene rings is 8. The van der Waals surface area contributed by atoms with E-state index in [4.69, 9.17) is 0 Å². The van der Waals surface area contributed by atoms with Gasteiger partial charge in [0.05, 0.1) is 0 Å². The minimum atomic E-state index is 1.05. The molecule has 2 nitrogen and oxygen atoms in total. The fourth-order valence-electron chi connectivity index (χ4n) is 6.94. The molecule has 8 aromatic carbocycles. The average Bonchev–Trinajstić information content (AvgIpc) is 3.23. The van der Waals surface area contributed by atoms with Crippen molar-refractivity contribution >= 4 is 34.1 Å². The van der Waals surface area contributed by atoms with Crippen LogP contribution < -0.4 is 9.80 Å². The van der Waals surface area contributed by atoms with Crippen LogP contribution in [-0.4, -0.2) is 0 Å². The quantitative estimate of drug-likeness (QED) is 0.142. The van der Waals surface area contributed by atoms with Gasteiger partial charge in [0.2, 0.25) is 0 Å². The molecule has 0 aliphatic rings. The predicted molar refractivity (Wildman–Crippen MR) is 226 cm³/mol. The second-order valence-corrected chi connectivity index (χ2v) is 13.4. The van der Waals surface area contributed by atoms with Crippen molar-refractivity contribution in [3.05, 3.63) is 217 Å². The number of nitrogens with zero attached hydrogens (tertiary/aromatic N) is 2. The summed E-state index contributed by atoms with van der Waals surface area (Å²) in [6.45, 7) is 4.32. The molecule has 0 aliphatic heterocycles. The molecule has 0 atom stereocenters. The van der Waals surface area contributed by atoms with E-state index in [1.165, 1.54) is 44.5 Å². The third-order valence-corrected chi connectivity index (χ3v) is 9.94. The predicted octanol–water partition coefficient (Wildman–Crippen LogP) is 14.5. The molecular weight excluding hydrogens is 641 g/mol. The summed E-state index contributed by atoms with van der Waals surface area (Å²) in [6, 6.07) is 74.3. The minimum Gasteiger partial charge on any atom is -0.311 e. The fourth-order valence-corrected chi connectivity index (χ4v) is 6.94. The van der Waals surface area contributed by atoms with E-state index in [2.05, 4.69) is 230 Å². The highest BCUT2D eigenvalue weighted by molar-refractivity contribution is 5.82. The fraction of sp³-hybridized carbons (Fsp3) is 0.0588. The Morgan fingerprint density at radius 1 is 0.283 bits per heavy atom. The van der Waals surface area contributed by atoms with Crippen LogP contribution in [0.15, 0.2) is 206 Å². The molecular formula is C51H42N2. The van der Waals surface area contributed by atoms with E-state index in [9.17, 15) is 0 Å². The van der Waals surface area contributed by atoms with Crippen molar-refractivity contribution in [2.24, 2.45) is 0 Å². The van der Waals surface area contributed by atoms with Crippen LogP contribution in [-0.2, 0) is 6.42 Å². The maximum absolute atomic E-state index is 2.32. The standard InChI is InChI=1S/C51H42N2/c1-3-39-16-20-41(21-17-39)43-24-32-49(33-25-43)53(47-12-8-5-9-13-47)51-36-28-45(29-37-51)44-26-34-50(35-27-44)52(46-10-6-4-7-11-46)48-30-22-42(23-31-48)40-18-14-38(2)15-19-40/h4-37H,3H2,1-2H3. The van der Waals surface area contributed by atoms with Crippen LogP contribution in [0.1, 0.15) is 18.1 Å². The Hall–Kier alpha value is -6.64. The lowest BCUT2D eigenvalue weighted by molar-refractivity contribution is 1.14. The highest BCUT2D eigenvalue weighted by Crippen LogP contribution is 2.39. The topological polar surface area (TPSA) is 6.48 Å². The zero-order valence-corrected chi connectivity index (χ0v) is 30.2. The molecule has 0 saturated carbocycles. The largest absolute Gasteiger partial charge is 0.311 e. The van der Waals surface area contributed by atoms with Crippen LogP contribution in [0.25, 0.3) is 33.4 Å². The van der Waals surface area contributed by atoms with Gasteiger partial charge in [-0.1, -0.05) is 146 Å². The first-order valence-electron chi connectivity index (χ1n) is 18.4. The summed E-state index contributed by atoms with van der Waals surface area (Å²) >= 11 is 0. The molecule has 0 radical (unpaired) electrons. The number of hydrogen-bond donors (Lipinski definition) is 0. The molecule has 8 aromatic rings. The second kappa shape index (κ2) is 15.3. The van der Waals surface area contributed by atoms with Gasteiger partial charge in [0.25, 0.3) is 0 Å². The third-order valence-electron chi connectivity index (χ3n) is 9.94. The lowest BCUT2D eigenvalue weighted by Crippen LogP contribution is -2.10. The maximum atomic E-state index is 2.32. The smallest absolute Gasteiger partial charge is 0.0462 e. The van der Waals surface area contributed by atoms with E-state index in [1.807, 2.05) is 0 Å². The summed E-state index contributed by atoms with van der Waals surface area (Å²) in [5.74, 6) is 0. The van der Waals surface area contributed by atoms with E-state index in [-0.39, 0.29) is 0 Å². The molecule has 0 amide bonds. The molecule has 0 saturated heterocycles. The maximum Gasteiger partial charge on any atom is 0.0462 e. The van der Waals surface area contributed by atoms with Gasteiger partial charge >= 0.3 is 0 Å². The zero-order chi connectivity index (χ0) is 36.0. The first-order chi connectivity index (χ1) is 26.1. The highest BCUT2D eigenvalue weighted by Gasteiger charge is 2.15. The van der Waals surface area contributed by atoms with Crippen LogP contribution in [0, 0.1) is 6.92 Å². The van der Waals surface area contributed by atoms with Crippen molar-refractivity contribution < 1.29 is 0 Å². The van der Waals surface area contributed by atoms with Gasteiger partial charge in [0.15, 0.2) is 0 Å². The molecule has 0 heterocycles. The van der Waals surface area contributed by atoms with E-state index in [1.54, 1.807) is 0 Å². The summed E-state index contributed by atoms with van der Waals surface area (Å²) in [6.07, 6.45) is 1.05. The molecule has 8 rings (SSSR count). The Bertz CT molecular complexity index is 2360. The van der Waals surface area contributed by atoms with Crippen molar-refractivity contribution in [3.63, 3.8) is 0 Å². The molecule has 0 fully saturated rings. The molecule has 2 heteroatoms. The Kier molecular flexibility index (Phi) is 9.68. The van der Waals surface area contributed by atoms with Crippen LogP contribution in [0.2, 0.25) is 0 Å². The number of hydrogen-bond acceptors (Lipinski definition) is 2. The van der Waals surface area contributed by atoms with E-state index >= 15 is 0 Å². The van der Waals surface area contributed by atoms with Gasteiger partial charge < -0.3 is 9.80 Å². The molecule has 0 spiro atoms. The number of rotatable bonds is 10. The second-order valence-electron chi connectivity index (χ2n) is 13.4. The van der Waals surface area contributed by atoms with E-state index in [0.29, 0.717) is 0 Å². The van der Waals surface area contributed by atoms with Gasteiger partial charge in [-0.25, -0.2) is 0 Å². The van der Waals surface area contributed by atoms with Gasteiger partial charge in [-0.05, 0) is 125 Å². The van der Waals surface area contributed by atoms with Crippen molar-refractivity contribution in [1.29, 1.82) is 0 Å². The summed E-state index contributed by atoms with van der Waals surface area (Å²) in [5, 5.41) is 0. The van der Waals surface area contributed by atoms with Crippen LogP contribution in [0.5, 0.6) is 0 Å². The zero-order valence-electron chi connectivity index (χ0n) is 30.2. The van der Waals surface area contributed by atoms with E-state index in [0.717, 1.165) is 40.5 Å². The minimum absolute atomic E-state index is 1.05. The molecule has 256 valence electrons. The monoisotopic (exact) mass is 682 g/mol. The summed E-state index contributed by atoms with van der Waals surface area (Å²) in [5.41, 5.74) is 16.6. The first kappa shape index (κ1) is 33.5. The van der Waals surface area contributed by atoms with Crippen LogP contribution in [0.3, 0.4) is 0 Å². The normalized spacial score (nSPS) is 10.9. The number of aryl methyl sites for hydroxylation is 2. The van der Waals surface area contributed by atoms with Gasteiger partial charge in [-0.3, -0.25) is 0 Å². The summed E-state index contributed by atoms with van der Waals surface area (Å²) < 4.78 is 0. The van der Waals surface area contributed by atoms with Crippen molar-refractivity contribution in [2.75, 3.05) is 9.80 Å². The Labute approximate surface area is 313 Å². The Morgan fingerprint density at radius 3 is 0.811 bits per heavy atom. The van der Waals surface area contributed by atoms with Crippen molar-refractivity contribution in [2.45, 2.75) is 20.3 Å².